The Morgan fingerprint density at radius 2 is 2.12 bits per heavy atom. The first-order valence-corrected chi connectivity index (χ1v) is 8.80. The van der Waals surface area contributed by atoms with Crippen molar-refractivity contribution in [2.24, 2.45) is 0 Å². The second-order valence-electron chi connectivity index (χ2n) is 5.65. The molecule has 0 bridgehead atoms. The Morgan fingerprint density at radius 3 is 2.77 bits per heavy atom. The van der Waals surface area contributed by atoms with Crippen LogP contribution in [-0.4, -0.2) is 28.1 Å². The van der Waals surface area contributed by atoms with Crippen molar-refractivity contribution in [3.05, 3.63) is 70.4 Å². The van der Waals surface area contributed by atoms with E-state index in [4.69, 9.17) is 0 Å². The fourth-order valence-corrected chi connectivity index (χ4v) is 3.22. The fourth-order valence-electron chi connectivity index (χ4n) is 2.40. The smallest absolute Gasteiger partial charge is 0.313 e. The molecule has 0 fully saturated rings. The van der Waals surface area contributed by atoms with E-state index in [2.05, 4.69) is 15.7 Å². The minimum absolute atomic E-state index is 0.205. The summed E-state index contributed by atoms with van der Waals surface area (Å²) in [6, 6.07) is 9.70. The molecular formula is C18H17FN4O2S. The van der Waals surface area contributed by atoms with Crippen LogP contribution in [0.25, 0.3) is 0 Å². The molecule has 134 valence electrons. The highest BCUT2D eigenvalue weighted by atomic mass is 32.1. The highest BCUT2D eigenvalue weighted by molar-refractivity contribution is 7.10. The molecular weight excluding hydrogens is 355 g/mol. The highest BCUT2D eigenvalue weighted by Crippen LogP contribution is 2.21. The van der Waals surface area contributed by atoms with Gasteiger partial charge in [0.2, 0.25) is 0 Å². The molecule has 0 saturated carbocycles. The van der Waals surface area contributed by atoms with E-state index in [0.29, 0.717) is 5.56 Å². The van der Waals surface area contributed by atoms with Crippen molar-refractivity contribution in [2.75, 3.05) is 11.9 Å². The zero-order chi connectivity index (χ0) is 18.5. The number of benzene rings is 1. The van der Waals surface area contributed by atoms with Crippen LogP contribution in [0, 0.1) is 12.7 Å². The molecule has 2 heterocycles. The number of anilines is 1. The van der Waals surface area contributed by atoms with Gasteiger partial charge < -0.3 is 10.6 Å². The van der Waals surface area contributed by atoms with Gasteiger partial charge in [-0.2, -0.15) is 5.10 Å². The summed E-state index contributed by atoms with van der Waals surface area (Å²) in [5.74, 6) is -2.09. The van der Waals surface area contributed by atoms with Crippen LogP contribution >= 0.6 is 11.3 Å². The van der Waals surface area contributed by atoms with Crippen molar-refractivity contribution in [1.29, 1.82) is 0 Å². The van der Waals surface area contributed by atoms with Crippen molar-refractivity contribution in [3.63, 3.8) is 0 Å². The fraction of sp³-hybridized carbons (Fsp3) is 0.167. The Bertz CT molecular complexity index is 860. The quantitative estimate of drug-likeness (QED) is 0.676. The molecule has 0 aliphatic heterocycles. The van der Waals surface area contributed by atoms with Crippen LogP contribution in [0.3, 0.4) is 0 Å². The largest absolute Gasteiger partial charge is 0.345 e. The van der Waals surface area contributed by atoms with E-state index in [9.17, 15) is 14.0 Å². The molecule has 2 aromatic heterocycles. The van der Waals surface area contributed by atoms with E-state index in [1.807, 2.05) is 17.5 Å². The van der Waals surface area contributed by atoms with Gasteiger partial charge in [0, 0.05) is 29.5 Å². The summed E-state index contributed by atoms with van der Waals surface area (Å²) in [5, 5.41) is 11.1. The predicted molar refractivity (Wildman–Crippen MR) is 97.5 cm³/mol. The summed E-state index contributed by atoms with van der Waals surface area (Å²) in [6.07, 6.45) is 3.45. The Kier molecular flexibility index (Phi) is 5.43. The number of amides is 2. The molecule has 3 aromatic rings. The normalized spacial score (nSPS) is 11.8. The molecule has 0 saturated heterocycles. The first-order valence-electron chi connectivity index (χ1n) is 7.92. The van der Waals surface area contributed by atoms with Gasteiger partial charge in [0.15, 0.2) is 0 Å². The van der Waals surface area contributed by atoms with Crippen LogP contribution in [0.1, 0.15) is 16.5 Å². The van der Waals surface area contributed by atoms with Gasteiger partial charge in [0.25, 0.3) is 0 Å². The van der Waals surface area contributed by atoms with Crippen LogP contribution in [0.15, 0.2) is 54.2 Å². The lowest BCUT2D eigenvalue weighted by Gasteiger charge is -2.17. The number of hydrogen-bond acceptors (Lipinski definition) is 4. The second kappa shape index (κ2) is 7.92. The predicted octanol–water partition coefficient (Wildman–Crippen LogP) is 2.74. The summed E-state index contributed by atoms with van der Waals surface area (Å²) in [4.78, 5) is 25.1. The standard InChI is InChI=1S/C18H17FN4O2S/c1-12-5-6-13(10-14(12)19)22-18(25)17(24)20-11-15(16-4-2-9-26-16)23-8-3-7-21-23/h2-10,15H,11H2,1H3,(H,20,24)(H,22,25)/t15-/m0/s1. The topological polar surface area (TPSA) is 76.0 Å². The average Bonchev–Trinajstić information content (AvgIpc) is 3.32. The highest BCUT2D eigenvalue weighted by Gasteiger charge is 2.19. The number of hydrogen-bond donors (Lipinski definition) is 2. The monoisotopic (exact) mass is 372 g/mol. The van der Waals surface area contributed by atoms with Crippen LogP contribution in [0.4, 0.5) is 10.1 Å². The molecule has 0 aliphatic rings. The van der Waals surface area contributed by atoms with Crippen molar-refractivity contribution in [3.8, 4) is 0 Å². The zero-order valence-corrected chi connectivity index (χ0v) is 14.8. The Morgan fingerprint density at radius 1 is 1.27 bits per heavy atom. The molecule has 26 heavy (non-hydrogen) atoms. The molecule has 0 spiro atoms. The van der Waals surface area contributed by atoms with E-state index < -0.39 is 17.6 Å². The van der Waals surface area contributed by atoms with E-state index >= 15 is 0 Å². The van der Waals surface area contributed by atoms with Crippen molar-refractivity contribution in [1.82, 2.24) is 15.1 Å². The molecule has 2 amide bonds. The van der Waals surface area contributed by atoms with Gasteiger partial charge in [-0.25, -0.2) is 4.39 Å². The third-order valence-electron chi connectivity index (χ3n) is 3.81. The number of halogens is 1. The van der Waals surface area contributed by atoms with E-state index in [-0.39, 0.29) is 18.3 Å². The van der Waals surface area contributed by atoms with Gasteiger partial charge in [0.1, 0.15) is 11.9 Å². The first-order chi connectivity index (χ1) is 12.5. The number of nitrogens with one attached hydrogen (secondary N) is 2. The Labute approximate surface area is 153 Å². The van der Waals surface area contributed by atoms with Gasteiger partial charge >= 0.3 is 11.8 Å². The maximum atomic E-state index is 13.5. The third-order valence-corrected chi connectivity index (χ3v) is 4.78. The van der Waals surface area contributed by atoms with E-state index in [0.717, 1.165) is 4.88 Å². The number of carbonyl (C=O) groups excluding carboxylic acids is 2. The van der Waals surface area contributed by atoms with Crippen LogP contribution < -0.4 is 10.6 Å². The summed E-state index contributed by atoms with van der Waals surface area (Å²) in [6.45, 7) is 1.82. The molecule has 0 radical (unpaired) electrons. The average molecular weight is 372 g/mol. The second-order valence-corrected chi connectivity index (χ2v) is 6.62. The molecule has 1 atom stereocenters. The summed E-state index contributed by atoms with van der Waals surface area (Å²) in [7, 11) is 0. The lowest BCUT2D eigenvalue weighted by Crippen LogP contribution is -2.38. The minimum Gasteiger partial charge on any atom is -0.345 e. The number of nitrogens with zero attached hydrogens (tertiary/aromatic N) is 2. The number of thiophene rings is 1. The Balaban J connectivity index is 1.63. The van der Waals surface area contributed by atoms with Crippen LogP contribution in [0.5, 0.6) is 0 Å². The van der Waals surface area contributed by atoms with Gasteiger partial charge in [-0.15, -0.1) is 11.3 Å². The van der Waals surface area contributed by atoms with E-state index in [1.54, 1.807) is 47.5 Å². The molecule has 0 unspecified atom stereocenters. The first kappa shape index (κ1) is 17.8. The lowest BCUT2D eigenvalue weighted by molar-refractivity contribution is -0.136. The van der Waals surface area contributed by atoms with Crippen LogP contribution in [0.2, 0.25) is 0 Å². The van der Waals surface area contributed by atoms with Crippen molar-refractivity contribution < 1.29 is 14.0 Å². The molecule has 8 heteroatoms. The number of rotatable bonds is 5. The maximum absolute atomic E-state index is 13.5. The van der Waals surface area contributed by atoms with Crippen molar-refractivity contribution >= 4 is 28.8 Å². The number of aromatic nitrogens is 2. The summed E-state index contributed by atoms with van der Waals surface area (Å²) in [5.41, 5.74) is 0.695. The molecule has 1 aromatic carbocycles. The lowest BCUT2D eigenvalue weighted by atomic mass is 10.2. The van der Waals surface area contributed by atoms with Crippen molar-refractivity contribution in [2.45, 2.75) is 13.0 Å². The molecule has 3 rings (SSSR count). The third kappa shape index (κ3) is 4.15. The number of aryl methyl sites for hydroxylation is 1. The molecule has 6 nitrogen and oxygen atoms in total. The van der Waals surface area contributed by atoms with Gasteiger partial charge in [-0.1, -0.05) is 12.1 Å². The summed E-state index contributed by atoms with van der Waals surface area (Å²) >= 11 is 1.54. The van der Waals surface area contributed by atoms with Crippen LogP contribution in [-0.2, 0) is 9.59 Å². The molecule has 0 aliphatic carbocycles. The number of carbonyl (C=O) groups is 2. The van der Waals surface area contributed by atoms with Gasteiger partial charge in [-0.3, -0.25) is 14.3 Å². The van der Waals surface area contributed by atoms with Gasteiger partial charge in [0.05, 0.1) is 0 Å². The SMILES string of the molecule is Cc1ccc(NC(=O)C(=O)NC[C@@H](c2cccs2)n2cccn2)cc1F. The van der Waals surface area contributed by atoms with Gasteiger partial charge in [-0.05, 0) is 42.1 Å². The minimum atomic E-state index is -0.848. The maximum Gasteiger partial charge on any atom is 0.313 e. The Hall–Kier alpha value is -3.00. The summed E-state index contributed by atoms with van der Waals surface area (Å²) < 4.78 is 15.3. The zero-order valence-electron chi connectivity index (χ0n) is 14.0. The molecule has 2 N–H and O–H groups in total. The van der Waals surface area contributed by atoms with E-state index in [1.165, 1.54) is 12.1 Å².